The molecule has 0 aliphatic heterocycles. The highest BCUT2D eigenvalue weighted by Crippen LogP contribution is 2.66. The first-order chi connectivity index (χ1) is 19.7. The minimum atomic E-state index is 0.0959. The van der Waals surface area contributed by atoms with Gasteiger partial charge < -0.3 is 4.90 Å². The highest BCUT2D eigenvalue weighted by molar-refractivity contribution is 6.69. The summed E-state index contributed by atoms with van der Waals surface area (Å²) in [5, 5.41) is 0. The van der Waals surface area contributed by atoms with E-state index in [0.717, 1.165) is 11.8 Å². The summed E-state index contributed by atoms with van der Waals surface area (Å²) in [5.41, 5.74) is 17.1. The van der Waals surface area contributed by atoms with Crippen LogP contribution in [0.25, 0.3) is 11.1 Å². The van der Waals surface area contributed by atoms with Crippen LogP contribution >= 0.6 is 0 Å². The zero-order valence-corrected chi connectivity index (χ0v) is 26.0. The monoisotopic (exact) mass is 529 g/mol. The summed E-state index contributed by atoms with van der Waals surface area (Å²) in [6.45, 7) is 5.08. The van der Waals surface area contributed by atoms with Gasteiger partial charge in [0, 0.05) is 22.4 Å². The molecule has 0 N–H and O–H groups in total. The second-order valence-corrected chi connectivity index (χ2v) is 13.8. The topological polar surface area (TPSA) is 3.24 Å². The lowest BCUT2D eigenvalue weighted by Gasteiger charge is -2.54. The van der Waals surface area contributed by atoms with E-state index in [9.17, 15) is 0 Å². The molecule has 4 aromatic carbocycles. The van der Waals surface area contributed by atoms with Crippen molar-refractivity contribution in [3.63, 3.8) is 0 Å². The summed E-state index contributed by atoms with van der Waals surface area (Å²) in [5.74, 6) is 3.03. The standard InChI is InChI=1S/C35H40B5N/c1-19-15-21-17-20(2)35(22(16-19)18-21)25-12-7-6-11-24(25)28-26(35)13-8-14-27(28)41(23-9-4-3-5-10-23)34-32(39)30(37)29(36)31(38)33(34)40/h3-14,19-22H,15-18,36-40H2,1-2H3. The minimum Gasteiger partial charge on any atom is -0.311 e. The SMILES string of the molecule is Bc1c(B)c(B)c(N(c2ccccc2)c2cccc3c2-c2ccccc2C32C(C)CC3CC(C)CC2C3)c(B)c1B. The second-order valence-electron chi connectivity index (χ2n) is 13.8. The van der Waals surface area contributed by atoms with Crippen molar-refractivity contribution < 1.29 is 0 Å². The molecule has 0 heterocycles. The third-order valence-corrected chi connectivity index (χ3v) is 11.7. The summed E-state index contributed by atoms with van der Waals surface area (Å²) in [6, 6.07) is 27.8. The van der Waals surface area contributed by atoms with Crippen molar-refractivity contribution in [1.82, 2.24) is 0 Å². The van der Waals surface area contributed by atoms with Crippen molar-refractivity contribution in [3.05, 3.63) is 83.9 Å². The average Bonchev–Trinajstić information content (AvgIpc) is 3.28. The van der Waals surface area contributed by atoms with Gasteiger partial charge in [-0.2, -0.15) is 0 Å². The van der Waals surface area contributed by atoms with Crippen LogP contribution in [0.4, 0.5) is 17.1 Å². The van der Waals surface area contributed by atoms with E-state index >= 15 is 0 Å². The fourth-order valence-corrected chi connectivity index (χ4v) is 9.71. The van der Waals surface area contributed by atoms with E-state index in [1.807, 2.05) is 0 Å². The highest BCUT2D eigenvalue weighted by Gasteiger charge is 2.57. The van der Waals surface area contributed by atoms with Gasteiger partial charge in [-0.15, -0.1) is 5.46 Å². The lowest BCUT2D eigenvalue weighted by molar-refractivity contribution is 0.0426. The van der Waals surface area contributed by atoms with Crippen LogP contribution in [-0.2, 0) is 5.41 Å². The third kappa shape index (κ3) is 3.75. The zero-order valence-electron chi connectivity index (χ0n) is 26.0. The molecule has 1 nitrogen and oxygen atoms in total. The Labute approximate surface area is 251 Å². The fourth-order valence-electron chi connectivity index (χ4n) is 9.71. The fraction of sp³-hybridized carbons (Fsp3) is 0.314. The molecule has 2 bridgehead atoms. The predicted molar refractivity (Wildman–Crippen MR) is 192 cm³/mol. The van der Waals surface area contributed by atoms with Gasteiger partial charge in [-0.25, -0.2) is 0 Å². The number of rotatable bonds is 3. The number of hydrogen-bond acceptors (Lipinski definition) is 1. The number of fused-ring (bicyclic) bond motifs is 8. The molecule has 7 rings (SSSR count). The molecule has 5 atom stereocenters. The molecule has 6 heteroatoms. The first kappa shape index (κ1) is 26.9. The normalized spacial score (nSPS) is 26.0. The van der Waals surface area contributed by atoms with Gasteiger partial charge in [0.2, 0.25) is 0 Å². The van der Waals surface area contributed by atoms with E-state index in [1.54, 1.807) is 11.1 Å². The summed E-state index contributed by atoms with van der Waals surface area (Å²) in [6.07, 6.45) is 5.48. The lowest BCUT2D eigenvalue weighted by Crippen LogP contribution is -2.56. The summed E-state index contributed by atoms with van der Waals surface area (Å²) < 4.78 is 0. The molecule has 3 aliphatic rings. The third-order valence-electron chi connectivity index (χ3n) is 11.7. The Balaban J connectivity index is 1.55. The van der Waals surface area contributed by atoms with Gasteiger partial charge in [-0.3, -0.25) is 0 Å². The molecule has 0 amide bonds. The molecule has 0 saturated heterocycles. The van der Waals surface area contributed by atoms with Gasteiger partial charge >= 0.3 is 0 Å². The van der Waals surface area contributed by atoms with Gasteiger partial charge in [0.1, 0.15) is 39.2 Å². The average molecular weight is 529 g/mol. The van der Waals surface area contributed by atoms with Crippen LogP contribution in [0.3, 0.4) is 0 Å². The van der Waals surface area contributed by atoms with Gasteiger partial charge in [-0.1, -0.05) is 90.3 Å². The molecule has 5 unspecified atom stereocenters. The Morgan fingerprint density at radius 1 is 0.634 bits per heavy atom. The van der Waals surface area contributed by atoms with Crippen LogP contribution < -0.4 is 32.2 Å². The van der Waals surface area contributed by atoms with Crippen molar-refractivity contribution >= 4 is 83.6 Å². The van der Waals surface area contributed by atoms with Crippen molar-refractivity contribution in [2.24, 2.45) is 23.7 Å². The molecular weight excluding hydrogens is 488 g/mol. The number of anilines is 3. The molecular formula is C35H40B5N. The first-order valence-electron chi connectivity index (χ1n) is 15.9. The van der Waals surface area contributed by atoms with Crippen molar-refractivity contribution in [2.45, 2.75) is 44.9 Å². The quantitative estimate of drug-likeness (QED) is 0.356. The predicted octanol–water partition coefficient (Wildman–Crippen LogP) is 0.807. The second kappa shape index (κ2) is 9.79. The first-order valence-corrected chi connectivity index (χ1v) is 15.9. The molecule has 3 aliphatic carbocycles. The van der Waals surface area contributed by atoms with Gasteiger partial charge in [0.25, 0.3) is 0 Å². The zero-order chi connectivity index (χ0) is 28.6. The molecule has 1 spiro atoms. The largest absolute Gasteiger partial charge is 0.311 e. The van der Waals surface area contributed by atoms with Crippen molar-refractivity contribution in [1.29, 1.82) is 0 Å². The van der Waals surface area contributed by atoms with E-state index in [0.29, 0.717) is 11.8 Å². The number of nitrogens with zero attached hydrogens (tertiary/aromatic N) is 1. The van der Waals surface area contributed by atoms with E-state index in [4.69, 9.17) is 0 Å². The van der Waals surface area contributed by atoms with E-state index in [1.165, 1.54) is 81.2 Å². The van der Waals surface area contributed by atoms with E-state index in [2.05, 4.69) is 131 Å². The van der Waals surface area contributed by atoms with Crippen molar-refractivity contribution in [3.8, 4) is 11.1 Å². The number of para-hydroxylation sites is 1. The molecule has 200 valence electrons. The summed E-state index contributed by atoms with van der Waals surface area (Å²) in [7, 11) is 11.5. The maximum absolute atomic E-state index is 2.60. The van der Waals surface area contributed by atoms with Gasteiger partial charge in [0.05, 0.1) is 5.69 Å². The maximum Gasteiger partial charge on any atom is 0.141 e. The number of hydrogen-bond donors (Lipinski definition) is 0. The Morgan fingerprint density at radius 3 is 2.00 bits per heavy atom. The van der Waals surface area contributed by atoms with Crippen molar-refractivity contribution in [2.75, 3.05) is 4.90 Å². The maximum atomic E-state index is 2.60. The minimum absolute atomic E-state index is 0.0959. The van der Waals surface area contributed by atoms with Crippen LogP contribution in [0.2, 0.25) is 0 Å². The highest BCUT2D eigenvalue weighted by atomic mass is 15.1. The van der Waals surface area contributed by atoms with E-state index < -0.39 is 0 Å². The Morgan fingerprint density at radius 2 is 1.27 bits per heavy atom. The Bertz CT molecular complexity index is 1630. The van der Waals surface area contributed by atoms with E-state index in [-0.39, 0.29) is 5.41 Å². The summed E-state index contributed by atoms with van der Waals surface area (Å²) in [4.78, 5) is 2.60. The van der Waals surface area contributed by atoms with Crippen LogP contribution in [0.1, 0.15) is 50.7 Å². The Hall–Kier alpha value is -3.00. The summed E-state index contributed by atoms with van der Waals surface area (Å²) >= 11 is 0. The van der Waals surface area contributed by atoms with Crippen LogP contribution in [-0.4, -0.2) is 39.2 Å². The molecule has 41 heavy (non-hydrogen) atoms. The van der Waals surface area contributed by atoms with Gasteiger partial charge in [0.15, 0.2) is 0 Å². The molecule has 2 saturated carbocycles. The Kier molecular flexibility index (Phi) is 6.42. The molecule has 0 radical (unpaired) electrons. The van der Waals surface area contributed by atoms with Gasteiger partial charge in [-0.05, 0) is 84.2 Å². The smallest absolute Gasteiger partial charge is 0.141 e. The van der Waals surface area contributed by atoms with Crippen LogP contribution in [0.5, 0.6) is 0 Å². The molecule has 2 fully saturated rings. The van der Waals surface area contributed by atoms with Crippen LogP contribution in [0.15, 0.2) is 72.8 Å². The molecule has 0 aromatic heterocycles. The number of benzene rings is 4. The van der Waals surface area contributed by atoms with Crippen LogP contribution in [0, 0.1) is 23.7 Å². The molecule has 4 aromatic rings. The lowest BCUT2D eigenvalue weighted by atomic mass is 9.49.